The highest BCUT2D eigenvalue weighted by Crippen LogP contribution is 2.35. The van der Waals surface area contributed by atoms with Gasteiger partial charge >= 0.3 is 0 Å². The van der Waals surface area contributed by atoms with Crippen LogP contribution in [0.2, 0.25) is 10.0 Å². The van der Waals surface area contributed by atoms with E-state index in [-0.39, 0.29) is 0 Å². The molecule has 8 heteroatoms. The van der Waals surface area contributed by atoms with E-state index in [1.165, 1.54) is 11.8 Å². The normalized spacial score (nSPS) is 13.0. The summed E-state index contributed by atoms with van der Waals surface area (Å²) in [5.41, 5.74) is 5.91. The Balaban J connectivity index is 1.46. The molecule has 1 N–H and O–H groups in total. The van der Waals surface area contributed by atoms with Gasteiger partial charge in [-0.3, -0.25) is 5.43 Å². The number of hydrogen-bond acceptors (Lipinski definition) is 5. The van der Waals surface area contributed by atoms with E-state index in [1.54, 1.807) is 12.1 Å². The fraction of sp³-hybridized carbons (Fsp3) is 0. The molecule has 0 unspecified atom stereocenters. The van der Waals surface area contributed by atoms with Gasteiger partial charge in [0.05, 0.1) is 5.02 Å². The zero-order valence-electron chi connectivity index (χ0n) is 14.3. The van der Waals surface area contributed by atoms with Crippen LogP contribution in [0.1, 0.15) is 5.76 Å². The first-order valence-corrected chi connectivity index (χ1v) is 10.0. The molecule has 1 aliphatic rings. The molecule has 138 valence electrons. The Labute approximate surface area is 175 Å². The fourth-order valence-corrected chi connectivity index (χ4v) is 4.13. The molecule has 4 aromatic rings. The summed E-state index contributed by atoms with van der Waals surface area (Å²) in [6, 6.07) is 19.0. The molecule has 1 aliphatic heterocycles. The Morgan fingerprint density at radius 2 is 1.75 bits per heavy atom. The molecule has 5 nitrogen and oxygen atoms in total. The minimum Gasteiger partial charge on any atom is -0.454 e. The van der Waals surface area contributed by atoms with Crippen molar-refractivity contribution >= 4 is 40.7 Å². The van der Waals surface area contributed by atoms with Crippen LogP contribution in [0, 0.1) is 0 Å². The summed E-state index contributed by atoms with van der Waals surface area (Å²) in [7, 11) is 0. The Hall–Kier alpha value is -2.67. The highest BCUT2D eigenvalue weighted by atomic mass is 35.5. The van der Waals surface area contributed by atoms with Crippen molar-refractivity contribution in [2.45, 2.75) is 5.16 Å². The molecule has 0 saturated carbocycles. The summed E-state index contributed by atoms with van der Waals surface area (Å²) in [5, 5.41) is 12.4. The molecule has 0 atom stereocenters. The van der Waals surface area contributed by atoms with Gasteiger partial charge in [0.2, 0.25) is 5.16 Å². The summed E-state index contributed by atoms with van der Waals surface area (Å²) < 4.78 is 7.90. The molecule has 2 aromatic heterocycles. The Morgan fingerprint density at radius 3 is 2.57 bits per heavy atom. The third kappa shape index (κ3) is 3.09. The lowest BCUT2D eigenvalue weighted by Crippen LogP contribution is -2.18. The molecular formula is C20H12Cl2N4OS. The highest BCUT2D eigenvalue weighted by Gasteiger charge is 2.21. The standard InChI is InChI=1S/C20H12Cl2N4OS/c21-13-6-7-14(15(22)10-13)17-8-9-18(27-17)16-11-28-20-24-23-19(26(20)25-16)12-4-2-1-3-5-12/h1-11,25H. The van der Waals surface area contributed by atoms with E-state index in [0.29, 0.717) is 21.6 Å². The third-order valence-corrected chi connectivity index (χ3v) is 5.62. The zero-order chi connectivity index (χ0) is 19.1. The van der Waals surface area contributed by atoms with Crippen molar-refractivity contribution in [1.82, 2.24) is 14.9 Å². The van der Waals surface area contributed by atoms with Gasteiger partial charge in [-0.2, -0.15) is 0 Å². The summed E-state index contributed by atoms with van der Waals surface area (Å²) in [4.78, 5) is 0. The number of thioether (sulfide) groups is 1. The average Bonchev–Trinajstić information content (AvgIpc) is 3.35. The minimum atomic E-state index is 0.542. The van der Waals surface area contributed by atoms with Crippen LogP contribution in [0.15, 0.2) is 75.6 Å². The molecule has 0 spiro atoms. The number of benzene rings is 2. The van der Waals surface area contributed by atoms with Crippen molar-refractivity contribution in [3.63, 3.8) is 0 Å². The lowest BCUT2D eigenvalue weighted by molar-refractivity contribution is 0.565. The first-order valence-electron chi connectivity index (χ1n) is 8.39. The third-order valence-electron chi connectivity index (χ3n) is 4.25. The van der Waals surface area contributed by atoms with Gasteiger partial charge in [0.15, 0.2) is 11.6 Å². The molecular weight excluding hydrogens is 415 g/mol. The number of halogens is 2. The lowest BCUT2D eigenvalue weighted by atomic mass is 10.2. The van der Waals surface area contributed by atoms with Crippen LogP contribution in [-0.2, 0) is 0 Å². The predicted molar refractivity (Wildman–Crippen MR) is 113 cm³/mol. The molecule has 2 aromatic carbocycles. The van der Waals surface area contributed by atoms with Gasteiger partial charge in [0.25, 0.3) is 0 Å². The first-order chi connectivity index (χ1) is 13.7. The molecule has 28 heavy (non-hydrogen) atoms. The summed E-state index contributed by atoms with van der Waals surface area (Å²) in [5.74, 6) is 2.09. The van der Waals surface area contributed by atoms with E-state index in [0.717, 1.165) is 27.8 Å². The highest BCUT2D eigenvalue weighted by molar-refractivity contribution is 8.02. The smallest absolute Gasteiger partial charge is 0.214 e. The van der Waals surface area contributed by atoms with E-state index in [1.807, 2.05) is 58.6 Å². The van der Waals surface area contributed by atoms with Crippen molar-refractivity contribution in [3.8, 4) is 22.7 Å². The van der Waals surface area contributed by atoms with E-state index >= 15 is 0 Å². The number of fused-ring (bicyclic) bond motifs is 1. The Morgan fingerprint density at radius 1 is 0.929 bits per heavy atom. The number of hydrogen-bond donors (Lipinski definition) is 1. The number of rotatable bonds is 3. The molecule has 0 aliphatic carbocycles. The largest absolute Gasteiger partial charge is 0.454 e. The number of nitrogens with zero attached hydrogens (tertiary/aromatic N) is 3. The fourth-order valence-electron chi connectivity index (χ4n) is 2.91. The second kappa shape index (κ2) is 7.05. The Kier molecular flexibility index (Phi) is 4.39. The van der Waals surface area contributed by atoms with Crippen molar-refractivity contribution in [3.05, 3.63) is 81.9 Å². The average molecular weight is 427 g/mol. The quantitative estimate of drug-likeness (QED) is 0.424. The van der Waals surface area contributed by atoms with Crippen molar-refractivity contribution in [2.75, 3.05) is 5.43 Å². The van der Waals surface area contributed by atoms with Gasteiger partial charge < -0.3 is 4.42 Å². The molecule has 0 amide bonds. The van der Waals surface area contributed by atoms with E-state index in [2.05, 4.69) is 15.6 Å². The summed E-state index contributed by atoms with van der Waals surface area (Å²) in [6.07, 6.45) is 0. The molecule has 5 rings (SSSR count). The van der Waals surface area contributed by atoms with E-state index in [9.17, 15) is 0 Å². The van der Waals surface area contributed by atoms with Crippen molar-refractivity contribution in [1.29, 1.82) is 0 Å². The van der Waals surface area contributed by atoms with Gasteiger partial charge in [0, 0.05) is 21.6 Å². The van der Waals surface area contributed by atoms with E-state index in [4.69, 9.17) is 27.6 Å². The molecule has 0 fully saturated rings. The van der Waals surface area contributed by atoms with Crippen molar-refractivity contribution < 1.29 is 4.42 Å². The molecule has 0 saturated heterocycles. The number of furan rings is 1. The van der Waals surface area contributed by atoms with Crippen LogP contribution in [0.3, 0.4) is 0 Å². The van der Waals surface area contributed by atoms with Crippen LogP contribution in [0.25, 0.3) is 28.4 Å². The van der Waals surface area contributed by atoms with Gasteiger partial charge in [-0.15, -0.1) is 10.2 Å². The van der Waals surface area contributed by atoms with Crippen LogP contribution >= 0.6 is 35.0 Å². The number of nitrogens with one attached hydrogen (secondary N) is 1. The van der Waals surface area contributed by atoms with Crippen LogP contribution < -0.4 is 5.43 Å². The van der Waals surface area contributed by atoms with Crippen LogP contribution in [-0.4, -0.2) is 14.9 Å². The topological polar surface area (TPSA) is 55.9 Å². The minimum absolute atomic E-state index is 0.542. The van der Waals surface area contributed by atoms with Gasteiger partial charge in [-0.05, 0) is 30.3 Å². The SMILES string of the molecule is Clc1ccc(-c2ccc(C3=CSc4nnc(-c5ccccc5)n4N3)o2)c(Cl)c1. The van der Waals surface area contributed by atoms with Crippen molar-refractivity contribution in [2.24, 2.45) is 0 Å². The summed E-state index contributed by atoms with van der Waals surface area (Å²) >= 11 is 13.8. The second-order valence-electron chi connectivity index (χ2n) is 6.06. The summed E-state index contributed by atoms with van der Waals surface area (Å²) in [6.45, 7) is 0. The second-order valence-corrected chi connectivity index (χ2v) is 7.74. The zero-order valence-corrected chi connectivity index (χ0v) is 16.6. The number of aromatic nitrogens is 3. The Bertz CT molecular complexity index is 1200. The van der Waals surface area contributed by atoms with Crippen LogP contribution in [0.4, 0.5) is 0 Å². The van der Waals surface area contributed by atoms with Gasteiger partial charge in [-0.1, -0.05) is 65.3 Å². The molecule has 0 radical (unpaired) electrons. The monoisotopic (exact) mass is 426 g/mol. The molecule has 3 heterocycles. The van der Waals surface area contributed by atoms with Gasteiger partial charge in [0.1, 0.15) is 11.5 Å². The molecule has 0 bridgehead atoms. The van der Waals surface area contributed by atoms with Gasteiger partial charge in [-0.25, -0.2) is 4.68 Å². The maximum Gasteiger partial charge on any atom is 0.214 e. The maximum atomic E-state index is 6.30. The van der Waals surface area contributed by atoms with E-state index < -0.39 is 0 Å². The lowest BCUT2D eigenvalue weighted by Gasteiger charge is -2.17. The first kappa shape index (κ1) is 17.4. The van der Waals surface area contributed by atoms with Crippen LogP contribution in [0.5, 0.6) is 0 Å². The maximum absolute atomic E-state index is 6.30. The predicted octanol–water partition coefficient (Wildman–Crippen LogP) is 6.16.